The van der Waals surface area contributed by atoms with Crippen molar-refractivity contribution in [1.82, 2.24) is 0 Å². The Kier molecular flexibility index (Phi) is 3.87. The zero-order valence-electron chi connectivity index (χ0n) is 9.93. The van der Waals surface area contributed by atoms with E-state index in [1.165, 1.54) is 0 Å². The molecule has 0 amide bonds. The number of anilines is 1. The van der Waals surface area contributed by atoms with Gasteiger partial charge in [-0.25, -0.2) is 4.39 Å². The molecule has 0 aliphatic carbocycles. The van der Waals surface area contributed by atoms with Gasteiger partial charge < -0.3 is 10.1 Å². The van der Waals surface area contributed by atoms with Gasteiger partial charge in [0, 0.05) is 30.2 Å². The van der Waals surface area contributed by atoms with E-state index >= 15 is 0 Å². The molecular formula is C13H13ClFNO2. The molecule has 2 rings (SSSR count). The Morgan fingerprint density at radius 3 is 2.94 bits per heavy atom. The van der Waals surface area contributed by atoms with Crippen LogP contribution in [0.3, 0.4) is 0 Å². The predicted octanol–water partition coefficient (Wildman–Crippen LogP) is 2.94. The number of ether oxygens (including phenoxy) is 1. The van der Waals surface area contributed by atoms with Crippen molar-refractivity contribution in [3.8, 4) is 0 Å². The standard InChI is InChI=1S/C13H13ClFNO2/c1-16-12-10(3-2-8(6-14)11(12)15)13-9(7-17)4-5-18-13/h2-3,7,16H,4-6H2,1H3. The maximum atomic E-state index is 14.1. The van der Waals surface area contributed by atoms with Gasteiger partial charge in [-0.15, -0.1) is 11.6 Å². The van der Waals surface area contributed by atoms with Gasteiger partial charge >= 0.3 is 0 Å². The third-order valence-corrected chi connectivity index (χ3v) is 3.20. The van der Waals surface area contributed by atoms with E-state index in [2.05, 4.69) is 5.32 Å². The number of carbonyl (C=O) groups excluding carboxylic acids is 1. The van der Waals surface area contributed by atoms with Crippen LogP contribution in [0, 0.1) is 5.82 Å². The Morgan fingerprint density at radius 1 is 1.56 bits per heavy atom. The minimum atomic E-state index is -0.404. The maximum absolute atomic E-state index is 14.1. The fourth-order valence-corrected chi connectivity index (χ4v) is 2.19. The van der Waals surface area contributed by atoms with Crippen LogP contribution in [0.15, 0.2) is 17.7 Å². The molecule has 0 radical (unpaired) electrons. The van der Waals surface area contributed by atoms with Gasteiger partial charge in [0.2, 0.25) is 0 Å². The van der Waals surface area contributed by atoms with Crippen LogP contribution in [-0.2, 0) is 15.4 Å². The number of rotatable bonds is 4. The van der Waals surface area contributed by atoms with Gasteiger partial charge in [-0.2, -0.15) is 0 Å². The molecule has 18 heavy (non-hydrogen) atoms. The second kappa shape index (κ2) is 5.40. The molecule has 96 valence electrons. The first-order valence-corrected chi connectivity index (χ1v) is 6.13. The SMILES string of the molecule is CNc1c(C2=C(C=O)CCO2)ccc(CCl)c1F. The lowest BCUT2D eigenvalue weighted by Crippen LogP contribution is -2.02. The summed E-state index contributed by atoms with van der Waals surface area (Å²) in [7, 11) is 1.62. The molecule has 0 atom stereocenters. The van der Waals surface area contributed by atoms with Crippen LogP contribution in [0.2, 0.25) is 0 Å². The summed E-state index contributed by atoms with van der Waals surface area (Å²) in [6.07, 6.45) is 1.32. The molecule has 1 N–H and O–H groups in total. The first-order chi connectivity index (χ1) is 8.72. The third-order valence-electron chi connectivity index (χ3n) is 2.91. The van der Waals surface area contributed by atoms with Gasteiger partial charge in [-0.3, -0.25) is 4.79 Å². The molecule has 0 aromatic heterocycles. The van der Waals surface area contributed by atoms with Crippen molar-refractivity contribution >= 4 is 29.3 Å². The van der Waals surface area contributed by atoms with Gasteiger partial charge in [0.1, 0.15) is 12.0 Å². The van der Waals surface area contributed by atoms with Gasteiger partial charge in [0.25, 0.3) is 0 Å². The molecule has 5 heteroatoms. The largest absolute Gasteiger partial charge is 0.492 e. The molecule has 0 unspecified atom stereocenters. The molecule has 1 aromatic rings. The molecule has 1 aliphatic rings. The topological polar surface area (TPSA) is 38.3 Å². The molecule has 0 fully saturated rings. The highest BCUT2D eigenvalue weighted by molar-refractivity contribution is 6.17. The molecule has 0 saturated carbocycles. The quantitative estimate of drug-likeness (QED) is 0.675. The predicted molar refractivity (Wildman–Crippen MR) is 69.1 cm³/mol. The number of nitrogens with one attached hydrogen (secondary N) is 1. The summed E-state index contributed by atoms with van der Waals surface area (Å²) in [4.78, 5) is 10.9. The molecule has 1 aromatic carbocycles. The molecule has 0 bridgehead atoms. The van der Waals surface area contributed by atoms with Gasteiger partial charge in [0.15, 0.2) is 5.82 Å². The van der Waals surface area contributed by atoms with Crippen LogP contribution in [0.5, 0.6) is 0 Å². The summed E-state index contributed by atoms with van der Waals surface area (Å²) in [5.74, 6) is 0.147. The van der Waals surface area contributed by atoms with Crippen molar-refractivity contribution < 1.29 is 13.9 Å². The van der Waals surface area contributed by atoms with Crippen molar-refractivity contribution in [2.75, 3.05) is 19.0 Å². The first-order valence-electron chi connectivity index (χ1n) is 5.59. The van der Waals surface area contributed by atoms with Crippen molar-refractivity contribution in [2.24, 2.45) is 0 Å². The number of alkyl halides is 1. The summed E-state index contributed by atoms with van der Waals surface area (Å²) in [5.41, 5.74) is 1.84. The first kappa shape index (κ1) is 12.9. The zero-order chi connectivity index (χ0) is 13.1. The summed E-state index contributed by atoms with van der Waals surface area (Å²) in [6, 6.07) is 3.33. The second-order valence-electron chi connectivity index (χ2n) is 3.92. The van der Waals surface area contributed by atoms with Crippen molar-refractivity contribution in [1.29, 1.82) is 0 Å². The average Bonchev–Trinajstić information content (AvgIpc) is 2.86. The maximum Gasteiger partial charge on any atom is 0.151 e. The van der Waals surface area contributed by atoms with Crippen LogP contribution in [0.1, 0.15) is 17.5 Å². The summed E-state index contributed by atoms with van der Waals surface area (Å²) in [5, 5.41) is 2.80. The van der Waals surface area contributed by atoms with E-state index in [0.29, 0.717) is 41.2 Å². The normalized spacial score (nSPS) is 14.6. The fourth-order valence-electron chi connectivity index (χ4n) is 1.99. The minimum Gasteiger partial charge on any atom is -0.492 e. The Labute approximate surface area is 110 Å². The summed E-state index contributed by atoms with van der Waals surface area (Å²) < 4.78 is 19.5. The summed E-state index contributed by atoms with van der Waals surface area (Å²) in [6.45, 7) is 0.450. The molecule has 1 aliphatic heterocycles. The highest BCUT2D eigenvalue weighted by atomic mass is 35.5. The molecule has 0 spiro atoms. The zero-order valence-corrected chi connectivity index (χ0v) is 10.7. The van der Waals surface area contributed by atoms with Crippen LogP contribution in [0.25, 0.3) is 5.76 Å². The highest BCUT2D eigenvalue weighted by Gasteiger charge is 2.22. The number of halogens is 2. The van der Waals surface area contributed by atoms with E-state index in [0.717, 1.165) is 6.29 Å². The second-order valence-corrected chi connectivity index (χ2v) is 4.18. The Hall–Kier alpha value is -1.55. The number of carbonyl (C=O) groups is 1. The lowest BCUT2D eigenvalue weighted by atomic mass is 10.0. The Morgan fingerprint density at radius 2 is 2.33 bits per heavy atom. The van der Waals surface area contributed by atoms with E-state index in [-0.39, 0.29) is 5.88 Å². The Balaban J connectivity index is 2.58. The van der Waals surface area contributed by atoms with E-state index < -0.39 is 5.82 Å². The van der Waals surface area contributed by atoms with Gasteiger partial charge in [-0.05, 0) is 6.07 Å². The average molecular weight is 270 g/mol. The van der Waals surface area contributed by atoms with Crippen LogP contribution < -0.4 is 5.32 Å². The van der Waals surface area contributed by atoms with E-state index in [4.69, 9.17) is 16.3 Å². The lowest BCUT2D eigenvalue weighted by Gasteiger charge is -2.13. The number of hydrogen-bond acceptors (Lipinski definition) is 3. The van der Waals surface area contributed by atoms with Crippen molar-refractivity contribution in [2.45, 2.75) is 12.3 Å². The van der Waals surface area contributed by atoms with Crippen molar-refractivity contribution in [3.63, 3.8) is 0 Å². The molecule has 3 nitrogen and oxygen atoms in total. The van der Waals surface area contributed by atoms with Crippen LogP contribution in [0.4, 0.5) is 10.1 Å². The smallest absolute Gasteiger partial charge is 0.151 e. The number of hydrogen-bond donors (Lipinski definition) is 1. The minimum absolute atomic E-state index is 0.0984. The van der Waals surface area contributed by atoms with E-state index in [1.54, 1.807) is 19.2 Å². The fraction of sp³-hybridized carbons (Fsp3) is 0.308. The lowest BCUT2D eigenvalue weighted by molar-refractivity contribution is -0.104. The third kappa shape index (κ3) is 2.08. The van der Waals surface area contributed by atoms with Crippen LogP contribution >= 0.6 is 11.6 Å². The van der Waals surface area contributed by atoms with E-state index in [1.807, 2.05) is 0 Å². The molecule has 0 saturated heterocycles. The highest BCUT2D eigenvalue weighted by Crippen LogP contribution is 2.34. The van der Waals surface area contributed by atoms with E-state index in [9.17, 15) is 9.18 Å². The number of benzene rings is 1. The van der Waals surface area contributed by atoms with Gasteiger partial charge in [0.05, 0.1) is 18.2 Å². The number of aldehydes is 1. The Bertz CT molecular complexity index is 514. The van der Waals surface area contributed by atoms with Crippen LogP contribution in [-0.4, -0.2) is 19.9 Å². The van der Waals surface area contributed by atoms with Gasteiger partial charge in [-0.1, -0.05) is 6.07 Å². The monoisotopic (exact) mass is 269 g/mol. The molecule has 1 heterocycles. The van der Waals surface area contributed by atoms with Crippen molar-refractivity contribution in [3.05, 3.63) is 34.6 Å². The summed E-state index contributed by atoms with van der Waals surface area (Å²) >= 11 is 5.66. The molecular weight excluding hydrogens is 257 g/mol.